The summed E-state index contributed by atoms with van der Waals surface area (Å²) in [6.07, 6.45) is 0. The zero-order valence-corrected chi connectivity index (χ0v) is 8.67. The van der Waals surface area contributed by atoms with Crippen molar-refractivity contribution in [2.45, 2.75) is 0 Å². The monoisotopic (exact) mass is 203 g/mol. The normalized spacial score (nSPS) is 12.9. The first-order valence-corrected chi connectivity index (χ1v) is 4.93. The smallest absolute Gasteiger partial charge is 0.162 e. The van der Waals surface area contributed by atoms with Gasteiger partial charge in [0.05, 0.1) is 6.54 Å². The summed E-state index contributed by atoms with van der Waals surface area (Å²) in [5, 5.41) is 2.97. The molecule has 0 saturated carbocycles. The molecule has 1 N–H and O–H groups in total. The van der Waals surface area contributed by atoms with Gasteiger partial charge in [-0.15, -0.1) is 0 Å². The van der Waals surface area contributed by atoms with Gasteiger partial charge in [-0.1, -0.05) is 11.8 Å². The van der Waals surface area contributed by atoms with Crippen LogP contribution < -0.4 is 14.8 Å². The first-order chi connectivity index (χ1) is 7.40. The Morgan fingerprint density at radius 2 is 2.07 bits per heavy atom. The van der Waals surface area contributed by atoms with Crippen molar-refractivity contribution in [3.63, 3.8) is 0 Å². The molecule has 3 nitrogen and oxygen atoms in total. The summed E-state index contributed by atoms with van der Waals surface area (Å²) in [4.78, 5) is 0. The third kappa shape index (κ3) is 2.42. The highest BCUT2D eigenvalue weighted by Crippen LogP contribution is 2.30. The van der Waals surface area contributed by atoms with E-state index in [-0.39, 0.29) is 0 Å². The van der Waals surface area contributed by atoms with E-state index >= 15 is 0 Å². The van der Waals surface area contributed by atoms with E-state index in [0.29, 0.717) is 19.8 Å². The van der Waals surface area contributed by atoms with Gasteiger partial charge in [0.1, 0.15) is 13.2 Å². The summed E-state index contributed by atoms with van der Waals surface area (Å²) >= 11 is 0. The Balaban J connectivity index is 2.18. The second-order valence-corrected chi connectivity index (χ2v) is 3.19. The Kier molecular flexibility index (Phi) is 3.11. The lowest BCUT2D eigenvalue weighted by Gasteiger charge is -2.17. The van der Waals surface area contributed by atoms with Gasteiger partial charge in [0.15, 0.2) is 11.5 Å². The highest BCUT2D eigenvalue weighted by molar-refractivity contribution is 5.48. The third-order valence-electron chi connectivity index (χ3n) is 2.04. The number of fused-ring (bicyclic) bond motifs is 1. The standard InChI is InChI=1S/C12H13NO2/c1-13-6-2-3-10-4-5-11-12(9-10)15-8-7-14-11/h4-5,9,13H,6-8H2,1H3. The van der Waals surface area contributed by atoms with E-state index in [0.717, 1.165) is 17.1 Å². The molecule has 0 unspecified atom stereocenters. The van der Waals surface area contributed by atoms with E-state index < -0.39 is 0 Å². The van der Waals surface area contributed by atoms with Crippen molar-refractivity contribution < 1.29 is 9.47 Å². The molecule has 2 rings (SSSR count). The molecular formula is C12H13NO2. The van der Waals surface area contributed by atoms with E-state index in [1.54, 1.807) is 0 Å². The van der Waals surface area contributed by atoms with Crippen LogP contribution in [0.15, 0.2) is 18.2 Å². The third-order valence-corrected chi connectivity index (χ3v) is 2.04. The molecule has 0 saturated heterocycles. The predicted molar refractivity (Wildman–Crippen MR) is 58.2 cm³/mol. The number of benzene rings is 1. The van der Waals surface area contributed by atoms with Gasteiger partial charge >= 0.3 is 0 Å². The fraction of sp³-hybridized carbons (Fsp3) is 0.333. The minimum atomic E-state index is 0.612. The summed E-state index contributed by atoms with van der Waals surface area (Å²) in [7, 11) is 1.87. The van der Waals surface area contributed by atoms with E-state index in [4.69, 9.17) is 9.47 Å². The van der Waals surface area contributed by atoms with Crippen LogP contribution >= 0.6 is 0 Å². The van der Waals surface area contributed by atoms with Gasteiger partial charge in [-0.2, -0.15) is 0 Å². The largest absolute Gasteiger partial charge is 0.486 e. The minimum Gasteiger partial charge on any atom is -0.486 e. The van der Waals surface area contributed by atoms with Crippen LogP contribution in [-0.2, 0) is 0 Å². The van der Waals surface area contributed by atoms with Gasteiger partial charge in [0.25, 0.3) is 0 Å². The lowest BCUT2D eigenvalue weighted by molar-refractivity contribution is 0.171. The molecule has 1 aromatic rings. The highest BCUT2D eigenvalue weighted by Gasteiger charge is 2.10. The minimum absolute atomic E-state index is 0.612. The molecule has 0 spiro atoms. The molecule has 78 valence electrons. The molecule has 1 aromatic carbocycles. The molecule has 1 aliphatic rings. The summed E-state index contributed by atoms with van der Waals surface area (Å²) in [6, 6.07) is 5.76. The van der Waals surface area contributed by atoms with Crippen LogP contribution in [0.1, 0.15) is 5.56 Å². The zero-order valence-electron chi connectivity index (χ0n) is 8.67. The van der Waals surface area contributed by atoms with Crippen molar-refractivity contribution in [1.82, 2.24) is 5.32 Å². The molecule has 0 amide bonds. The summed E-state index contributed by atoms with van der Waals surface area (Å²) < 4.78 is 10.9. The van der Waals surface area contributed by atoms with Gasteiger partial charge in [0.2, 0.25) is 0 Å². The first-order valence-electron chi connectivity index (χ1n) is 4.93. The molecule has 1 aliphatic heterocycles. The van der Waals surface area contributed by atoms with Crippen molar-refractivity contribution in [3.8, 4) is 23.3 Å². The number of hydrogen-bond donors (Lipinski definition) is 1. The Morgan fingerprint density at radius 3 is 2.87 bits per heavy atom. The van der Waals surface area contributed by atoms with Gasteiger partial charge in [-0.3, -0.25) is 0 Å². The molecule has 0 aliphatic carbocycles. The number of nitrogens with one attached hydrogen (secondary N) is 1. The van der Waals surface area contributed by atoms with Crippen LogP contribution in [-0.4, -0.2) is 26.8 Å². The molecule has 15 heavy (non-hydrogen) atoms. The van der Waals surface area contributed by atoms with Gasteiger partial charge < -0.3 is 14.8 Å². The molecule has 3 heteroatoms. The van der Waals surface area contributed by atoms with Crippen molar-refractivity contribution in [3.05, 3.63) is 23.8 Å². The lowest BCUT2D eigenvalue weighted by atomic mass is 10.2. The molecule has 0 radical (unpaired) electrons. The van der Waals surface area contributed by atoms with Gasteiger partial charge in [-0.05, 0) is 25.2 Å². The molecule has 1 heterocycles. The fourth-order valence-corrected chi connectivity index (χ4v) is 1.36. The molecule has 0 fully saturated rings. The predicted octanol–water partition coefficient (Wildman–Crippen LogP) is 1.03. The van der Waals surface area contributed by atoms with E-state index in [1.807, 2.05) is 25.2 Å². The highest BCUT2D eigenvalue weighted by atomic mass is 16.6. The maximum Gasteiger partial charge on any atom is 0.162 e. The topological polar surface area (TPSA) is 30.5 Å². The summed E-state index contributed by atoms with van der Waals surface area (Å²) in [6.45, 7) is 1.92. The van der Waals surface area contributed by atoms with Crippen LogP contribution in [0.5, 0.6) is 11.5 Å². The van der Waals surface area contributed by atoms with Crippen LogP contribution in [0, 0.1) is 11.8 Å². The summed E-state index contributed by atoms with van der Waals surface area (Å²) in [5.41, 5.74) is 0.953. The lowest BCUT2D eigenvalue weighted by Crippen LogP contribution is -2.15. The van der Waals surface area contributed by atoms with Crippen molar-refractivity contribution in [2.24, 2.45) is 0 Å². The van der Waals surface area contributed by atoms with Gasteiger partial charge in [-0.25, -0.2) is 0 Å². The average Bonchev–Trinajstić information content (AvgIpc) is 2.29. The van der Waals surface area contributed by atoms with Crippen LogP contribution in [0.2, 0.25) is 0 Å². The number of rotatable bonds is 1. The molecule has 0 bridgehead atoms. The zero-order chi connectivity index (χ0) is 10.5. The average molecular weight is 203 g/mol. The summed E-state index contributed by atoms with van der Waals surface area (Å²) in [5.74, 6) is 7.64. The fourth-order valence-electron chi connectivity index (χ4n) is 1.36. The van der Waals surface area contributed by atoms with Crippen molar-refractivity contribution in [1.29, 1.82) is 0 Å². The Labute approximate surface area is 89.4 Å². The van der Waals surface area contributed by atoms with Crippen LogP contribution in [0.25, 0.3) is 0 Å². The Hall–Kier alpha value is -1.66. The molecule has 0 atom stereocenters. The quantitative estimate of drug-likeness (QED) is 0.691. The van der Waals surface area contributed by atoms with E-state index in [1.165, 1.54) is 0 Å². The first kappa shape index (κ1) is 9.88. The Morgan fingerprint density at radius 1 is 1.27 bits per heavy atom. The van der Waals surface area contributed by atoms with E-state index in [2.05, 4.69) is 17.2 Å². The van der Waals surface area contributed by atoms with Crippen LogP contribution in [0.3, 0.4) is 0 Å². The molecular weight excluding hydrogens is 190 g/mol. The van der Waals surface area contributed by atoms with Crippen LogP contribution in [0.4, 0.5) is 0 Å². The van der Waals surface area contributed by atoms with Crippen molar-refractivity contribution in [2.75, 3.05) is 26.8 Å². The maximum absolute atomic E-state index is 5.46. The van der Waals surface area contributed by atoms with E-state index in [9.17, 15) is 0 Å². The Bertz CT molecular complexity index is 404. The second-order valence-electron chi connectivity index (χ2n) is 3.19. The SMILES string of the molecule is CNCC#Cc1ccc2c(c1)OCCO2. The maximum atomic E-state index is 5.46. The second kappa shape index (κ2) is 4.72. The molecule has 0 aromatic heterocycles. The van der Waals surface area contributed by atoms with Gasteiger partial charge in [0, 0.05) is 5.56 Å². The number of ether oxygens (including phenoxy) is 2. The number of hydrogen-bond acceptors (Lipinski definition) is 3. The van der Waals surface area contributed by atoms with Crippen molar-refractivity contribution >= 4 is 0 Å².